The van der Waals surface area contributed by atoms with E-state index in [-0.39, 0.29) is 5.97 Å². The molecule has 2 aromatic rings. The Labute approximate surface area is 156 Å². The van der Waals surface area contributed by atoms with Gasteiger partial charge in [0.25, 0.3) is 0 Å². The fourth-order valence-corrected chi connectivity index (χ4v) is 4.01. The van der Waals surface area contributed by atoms with E-state index in [4.69, 9.17) is 9.47 Å². The van der Waals surface area contributed by atoms with Gasteiger partial charge in [0.15, 0.2) is 5.82 Å². The van der Waals surface area contributed by atoms with E-state index in [1.54, 1.807) is 19.2 Å². The minimum Gasteiger partial charge on any atom is -0.462 e. The molecule has 0 saturated carbocycles. The molecule has 2 heterocycles. The van der Waals surface area contributed by atoms with Crippen LogP contribution in [0.25, 0.3) is 10.7 Å². The number of nitrogens with zero attached hydrogens (tertiary/aromatic N) is 2. The summed E-state index contributed by atoms with van der Waals surface area (Å²) < 4.78 is 13.7. The Bertz CT molecular complexity index is 694. The zero-order chi connectivity index (χ0) is 17.7. The van der Waals surface area contributed by atoms with Crippen LogP contribution >= 0.6 is 27.3 Å². The number of carbonyl (C=O) groups excluding carboxylic acids is 1. The minimum absolute atomic E-state index is 0.294. The molecule has 0 radical (unpaired) electrons. The molecule has 0 bridgehead atoms. The van der Waals surface area contributed by atoms with E-state index in [2.05, 4.69) is 40.6 Å². The number of ether oxygens (including phenoxy) is 2. The van der Waals surface area contributed by atoms with Crippen molar-refractivity contribution in [1.82, 2.24) is 9.55 Å². The standard InChI is InChI=1S/C16H23BrN2O3SSi/c1-5-22-16(20)13-7-6-12(23-13)15-18-10-14(17)19(15)11-21-8-9-24(2,3)4/h6-7,10H,5,8-9,11H2,1-4H3. The molecule has 0 aromatic carbocycles. The lowest BCUT2D eigenvalue weighted by molar-refractivity contribution is 0.0532. The van der Waals surface area contributed by atoms with Crippen LogP contribution < -0.4 is 0 Å². The molecule has 5 nitrogen and oxygen atoms in total. The zero-order valence-corrected chi connectivity index (χ0v) is 17.9. The molecule has 0 aliphatic heterocycles. The maximum atomic E-state index is 11.8. The molecule has 0 N–H and O–H groups in total. The van der Waals surface area contributed by atoms with E-state index in [1.165, 1.54) is 11.3 Å². The van der Waals surface area contributed by atoms with Gasteiger partial charge in [0.05, 0.1) is 17.7 Å². The number of rotatable bonds is 8. The van der Waals surface area contributed by atoms with E-state index < -0.39 is 8.07 Å². The summed E-state index contributed by atoms with van der Waals surface area (Å²) in [5.41, 5.74) is 0. The summed E-state index contributed by atoms with van der Waals surface area (Å²) in [4.78, 5) is 17.7. The normalized spacial score (nSPS) is 11.7. The Kier molecular flexibility index (Phi) is 6.79. The topological polar surface area (TPSA) is 53.3 Å². The lowest BCUT2D eigenvalue weighted by Crippen LogP contribution is -2.22. The van der Waals surface area contributed by atoms with Gasteiger partial charge in [-0.25, -0.2) is 9.78 Å². The first-order chi connectivity index (χ1) is 11.3. The number of aromatic nitrogens is 2. The van der Waals surface area contributed by atoms with Crippen LogP contribution in [0.1, 0.15) is 16.6 Å². The maximum Gasteiger partial charge on any atom is 0.348 e. The highest BCUT2D eigenvalue weighted by Gasteiger charge is 2.17. The first-order valence-corrected chi connectivity index (χ1v) is 13.2. The van der Waals surface area contributed by atoms with Gasteiger partial charge < -0.3 is 9.47 Å². The monoisotopic (exact) mass is 430 g/mol. The Balaban J connectivity index is 2.08. The van der Waals surface area contributed by atoms with Crippen LogP contribution in [-0.2, 0) is 16.2 Å². The number of hydrogen-bond acceptors (Lipinski definition) is 5. The smallest absolute Gasteiger partial charge is 0.348 e. The molecule has 0 amide bonds. The van der Waals surface area contributed by atoms with Gasteiger partial charge in [0, 0.05) is 14.7 Å². The average molecular weight is 431 g/mol. The minimum atomic E-state index is -1.10. The largest absolute Gasteiger partial charge is 0.462 e. The maximum absolute atomic E-state index is 11.8. The highest BCUT2D eigenvalue weighted by atomic mass is 79.9. The van der Waals surface area contributed by atoms with Crippen LogP contribution in [0.15, 0.2) is 22.9 Å². The molecule has 0 saturated heterocycles. The highest BCUT2D eigenvalue weighted by Crippen LogP contribution is 2.30. The summed E-state index contributed by atoms with van der Waals surface area (Å²) in [6, 6.07) is 4.79. The predicted octanol–water partition coefficient (Wildman–Crippen LogP) is 4.86. The SMILES string of the molecule is CCOC(=O)c1ccc(-c2ncc(Br)n2COCC[Si](C)(C)C)s1. The molecule has 0 aliphatic carbocycles. The number of hydrogen-bond donors (Lipinski definition) is 0. The molecular formula is C16H23BrN2O3SSi. The van der Waals surface area contributed by atoms with Crippen molar-refractivity contribution in [2.45, 2.75) is 39.3 Å². The van der Waals surface area contributed by atoms with Crippen molar-refractivity contribution >= 4 is 41.3 Å². The van der Waals surface area contributed by atoms with Crippen LogP contribution in [0, 0.1) is 0 Å². The quantitative estimate of drug-likeness (QED) is 0.340. The van der Waals surface area contributed by atoms with Crippen LogP contribution in [0.3, 0.4) is 0 Å². The van der Waals surface area contributed by atoms with Crippen molar-refractivity contribution in [3.05, 3.63) is 27.8 Å². The first kappa shape index (κ1) is 19.4. The number of carbonyl (C=O) groups is 1. The fourth-order valence-electron chi connectivity index (χ4n) is 1.98. The van der Waals surface area contributed by atoms with Crippen LogP contribution in [-0.4, -0.2) is 36.8 Å². The van der Waals surface area contributed by atoms with Gasteiger partial charge in [0.2, 0.25) is 0 Å². The zero-order valence-electron chi connectivity index (χ0n) is 14.5. The van der Waals surface area contributed by atoms with Crippen molar-refractivity contribution in [2.24, 2.45) is 0 Å². The van der Waals surface area contributed by atoms with Crippen molar-refractivity contribution in [3.63, 3.8) is 0 Å². The Morgan fingerprint density at radius 2 is 2.12 bits per heavy atom. The third-order valence-corrected chi connectivity index (χ3v) is 6.72. The summed E-state index contributed by atoms with van der Waals surface area (Å²) in [6.45, 7) is 10.4. The molecule has 2 rings (SSSR count). The Hall–Kier alpha value is -0.963. The second kappa shape index (κ2) is 8.42. The van der Waals surface area contributed by atoms with Gasteiger partial charge in [-0.1, -0.05) is 19.6 Å². The molecule has 0 atom stereocenters. The Morgan fingerprint density at radius 1 is 1.38 bits per heavy atom. The van der Waals surface area contributed by atoms with Gasteiger partial charge in [-0.05, 0) is 41.0 Å². The summed E-state index contributed by atoms with van der Waals surface area (Å²) in [5.74, 6) is 0.493. The van der Waals surface area contributed by atoms with Gasteiger partial charge in [0.1, 0.15) is 16.2 Å². The molecule has 0 unspecified atom stereocenters. The molecule has 2 aromatic heterocycles. The van der Waals surface area contributed by atoms with Gasteiger partial charge in [-0.3, -0.25) is 4.57 Å². The molecule has 8 heteroatoms. The summed E-state index contributed by atoms with van der Waals surface area (Å²) in [7, 11) is -1.10. The molecule has 0 aliphatic rings. The van der Waals surface area contributed by atoms with E-state index in [0.29, 0.717) is 18.2 Å². The predicted molar refractivity (Wildman–Crippen MR) is 103 cm³/mol. The number of esters is 1. The van der Waals surface area contributed by atoms with Crippen molar-refractivity contribution in [2.75, 3.05) is 13.2 Å². The number of imidazole rings is 1. The lowest BCUT2D eigenvalue weighted by atomic mass is 10.4. The molecule has 0 spiro atoms. The number of halogens is 1. The highest BCUT2D eigenvalue weighted by molar-refractivity contribution is 9.10. The summed E-state index contributed by atoms with van der Waals surface area (Å²) in [5, 5.41) is 0. The molecule has 132 valence electrons. The van der Waals surface area contributed by atoms with Crippen molar-refractivity contribution in [3.8, 4) is 10.7 Å². The second-order valence-corrected chi connectivity index (χ2v) is 14.1. The Morgan fingerprint density at radius 3 is 2.79 bits per heavy atom. The van der Waals surface area contributed by atoms with E-state index in [1.807, 2.05) is 10.6 Å². The average Bonchev–Trinajstić information content (AvgIpc) is 3.10. The van der Waals surface area contributed by atoms with E-state index in [9.17, 15) is 4.79 Å². The van der Waals surface area contributed by atoms with Gasteiger partial charge in [-0.2, -0.15) is 0 Å². The van der Waals surface area contributed by atoms with Crippen LogP contribution in [0.4, 0.5) is 0 Å². The molecular weight excluding hydrogens is 408 g/mol. The van der Waals surface area contributed by atoms with E-state index >= 15 is 0 Å². The summed E-state index contributed by atoms with van der Waals surface area (Å²) in [6.07, 6.45) is 1.75. The van der Waals surface area contributed by atoms with Gasteiger partial charge in [-0.15, -0.1) is 11.3 Å². The van der Waals surface area contributed by atoms with Crippen LogP contribution in [0.5, 0.6) is 0 Å². The first-order valence-electron chi connectivity index (χ1n) is 7.88. The lowest BCUT2D eigenvalue weighted by Gasteiger charge is -2.16. The third kappa shape index (κ3) is 5.27. The second-order valence-electron chi connectivity index (χ2n) is 6.56. The molecule has 24 heavy (non-hydrogen) atoms. The molecule has 0 fully saturated rings. The van der Waals surface area contributed by atoms with Crippen molar-refractivity contribution < 1.29 is 14.3 Å². The van der Waals surface area contributed by atoms with Gasteiger partial charge >= 0.3 is 5.97 Å². The fraction of sp³-hybridized carbons (Fsp3) is 0.500. The van der Waals surface area contributed by atoms with Crippen LogP contribution in [0.2, 0.25) is 25.7 Å². The van der Waals surface area contributed by atoms with E-state index in [0.717, 1.165) is 28.0 Å². The number of thiophene rings is 1. The third-order valence-electron chi connectivity index (χ3n) is 3.33. The summed E-state index contributed by atoms with van der Waals surface area (Å²) >= 11 is 4.89. The van der Waals surface area contributed by atoms with Crippen molar-refractivity contribution in [1.29, 1.82) is 0 Å².